The van der Waals surface area contributed by atoms with Crippen LogP contribution in [0.15, 0.2) is 48.6 Å². The van der Waals surface area contributed by atoms with Gasteiger partial charge in [-0.25, -0.2) is 0 Å². The third-order valence-electron chi connectivity index (χ3n) is 12.3. The Kier molecular flexibility index (Phi) is 51.8. The lowest BCUT2D eigenvalue weighted by atomic mass is 10.1. The first-order valence-corrected chi connectivity index (χ1v) is 28.1. The molecule has 0 aromatic rings. The summed E-state index contributed by atoms with van der Waals surface area (Å²) in [4.78, 5) is 38.1. The van der Waals surface area contributed by atoms with Gasteiger partial charge < -0.3 is 14.2 Å². The molecule has 0 aliphatic carbocycles. The molecule has 0 aromatic heterocycles. The van der Waals surface area contributed by atoms with E-state index in [-0.39, 0.29) is 31.1 Å². The van der Waals surface area contributed by atoms with Crippen LogP contribution in [0.5, 0.6) is 0 Å². The average Bonchev–Trinajstić information content (AvgIpc) is 3.30. The average molecular weight is 911 g/mol. The summed E-state index contributed by atoms with van der Waals surface area (Å²) in [5.74, 6) is -0.886. The van der Waals surface area contributed by atoms with E-state index in [1.165, 1.54) is 180 Å². The number of hydrogen-bond acceptors (Lipinski definition) is 6. The number of hydrogen-bond donors (Lipinski definition) is 0. The highest BCUT2D eigenvalue weighted by atomic mass is 16.6. The molecular weight excluding hydrogens is 805 g/mol. The van der Waals surface area contributed by atoms with Crippen LogP contribution in [-0.4, -0.2) is 37.2 Å². The fraction of sp³-hybridized carbons (Fsp3) is 0.814. The Morgan fingerprint density at radius 3 is 0.938 bits per heavy atom. The molecule has 0 spiro atoms. The molecule has 0 aromatic carbocycles. The Morgan fingerprint density at radius 1 is 0.308 bits per heavy atom. The molecule has 0 N–H and O–H groups in total. The summed E-state index contributed by atoms with van der Waals surface area (Å²) in [5.41, 5.74) is 0. The molecule has 1 atom stereocenters. The first-order valence-electron chi connectivity index (χ1n) is 28.1. The minimum absolute atomic E-state index is 0.0784. The van der Waals surface area contributed by atoms with Crippen molar-refractivity contribution in [3.63, 3.8) is 0 Å². The fourth-order valence-corrected chi connectivity index (χ4v) is 7.98. The molecule has 6 heteroatoms. The molecule has 0 aliphatic rings. The highest BCUT2D eigenvalue weighted by Gasteiger charge is 2.19. The van der Waals surface area contributed by atoms with Gasteiger partial charge in [0, 0.05) is 19.3 Å². The fourth-order valence-electron chi connectivity index (χ4n) is 7.98. The minimum atomic E-state index is -0.779. The molecule has 65 heavy (non-hydrogen) atoms. The van der Waals surface area contributed by atoms with Gasteiger partial charge in [-0.3, -0.25) is 14.4 Å². The van der Waals surface area contributed by atoms with E-state index < -0.39 is 6.10 Å². The molecule has 0 heterocycles. The summed E-state index contributed by atoms with van der Waals surface area (Å²) in [7, 11) is 0. The van der Waals surface area contributed by atoms with Crippen molar-refractivity contribution in [2.24, 2.45) is 0 Å². The van der Waals surface area contributed by atoms with Crippen LogP contribution < -0.4 is 0 Å². The molecule has 0 aliphatic heterocycles. The Balaban J connectivity index is 4.33. The van der Waals surface area contributed by atoms with Gasteiger partial charge in [0.25, 0.3) is 0 Å². The summed E-state index contributed by atoms with van der Waals surface area (Å²) in [6.07, 6.45) is 65.2. The summed E-state index contributed by atoms with van der Waals surface area (Å²) in [5, 5.41) is 0. The van der Waals surface area contributed by atoms with Crippen LogP contribution in [-0.2, 0) is 28.6 Å². The van der Waals surface area contributed by atoms with Gasteiger partial charge in [0.1, 0.15) is 13.2 Å². The largest absolute Gasteiger partial charge is 0.462 e. The Morgan fingerprint density at radius 2 is 0.569 bits per heavy atom. The first-order chi connectivity index (χ1) is 32.0. The SMILES string of the molecule is CCCC/C=C\CCCCCCCC(=O)OC[C@@H](COC(=O)CCCCCCCCCCC/C=C\C/C=C\CCCCC)OC(=O)CCCCCCCCC/C=C\CCCCCCCC. The molecule has 378 valence electrons. The van der Waals surface area contributed by atoms with E-state index in [4.69, 9.17) is 14.2 Å². The van der Waals surface area contributed by atoms with Gasteiger partial charge >= 0.3 is 17.9 Å². The van der Waals surface area contributed by atoms with Gasteiger partial charge in [-0.2, -0.15) is 0 Å². The predicted octanol–water partition coefficient (Wildman–Crippen LogP) is 18.7. The standard InChI is InChI=1S/C59H106O6/c1-4-7-10-13-16-19-22-24-26-28-29-31-32-34-37-40-43-46-49-52-58(61)64-55-56(54-63-57(60)51-48-45-42-39-36-21-18-15-12-9-6-3)65-59(62)53-50-47-44-41-38-35-33-30-27-25-23-20-17-14-11-8-5-2/h15-16,18-19,24-27,56H,4-14,17,20-23,28-55H2,1-3H3/b18-15-,19-16-,26-24-,27-25-/t56-/m0/s1. The third kappa shape index (κ3) is 52.2. The van der Waals surface area contributed by atoms with Crippen molar-refractivity contribution >= 4 is 17.9 Å². The molecule has 0 fully saturated rings. The molecule has 0 saturated heterocycles. The molecule has 0 rings (SSSR count). The van der Waals surface area contributed by atoms with E-state index in [0.717, 1.165) is 70.6 Å². The van der Waals surface area contributed by atoms with Crippen LogP contribution >= 0.6 is 0 Å². The van der Waals surface area contributed by atoms with E-state index in [1.54, 1.807) is 0 Å². The molecular formula is C59H106O6. The molecule has 0 radical (unpaired) electrons. The smallest absolute Gasteiger partial charge is 0.306 e. The topological polar surface area (TPSA) is 78.9 Å². The van der Waals surface area contributed by atoms with Gasteiger partial charge in [0.2, 0.25) is 0 Å². The van der Waals surface area contributed by atoms with Crippen molar-refractivity contribution in [2.75, 3.05) is 13.2 Å². The monoisotopic (exact) mass is 911 g/mol. The van der Waals surface area contributed by atoms with Gasteiger partial charge in [-0.15, -0.1) is 0 Å². The molecule has 6 nitrogen and oxygen atoms in total. The van der Waals surface area contributed by atoms with Crippen molar-refractivity contribution in [1.82, 2.24) is 0 Å². The third-order valence-corrected chi connectivity index (χ3v) is 12.3. The van der Waals surface area contributed by atoms with Crippen molar-refractivity contribution in [1.29, 1.82) is 0 Å². The zero-order valence-electron chi connectivity index (χ0n) is 43.3. The van der Waals surface area contributed by atoms with Crippen LogP contribution in [0.3, 0.4) is 0 Å². The van der Waals surface area contributed by atoms with Crippen molar-refractivity contribution in [3.8, 4) is 0 Å². The van der Waals surface area contributed by atoms with Crippen LogP contribution in [0.2, 0.25) is 0 Å². The van der Waals surface area contributed by atoms with Crippen molar-refractivity contribution in [2.45, 2.75) is 297 Å². The lowest BCUT2D eigenvalue weighted by molar-refractivity contribution is -0.167. The van der Waals surface area contributed by atoms with Crippen molar-refractivity contribution in [3.05, 3.63) is 48.6 Å². The van der Waals surface area contributed by atoms with Gasteiger partial charge in [0.15, 0.2) is 6.10 Å². The van der Waals surface area contributed by atoms with E-state index in [1.807, 2.05) is 0 Å². The van der Waals surface area contributed by atoms with Crippen LogP contribution in [0.1, 0.15) is 290 Å². The zero-order chi connectivity index (χ0) is 47.2. The lowest BCUT2D eigenvalue weighted by Crippen LogP contribution is -2.30. The van der Waals surface area contributed by atoms with Crippen LogP contribution in [0.25, 0.3) is 0 Å². The van der Waals surface area contributed by atoms with Gasteiger partial charge in [0.05, 0.1) is 0 Å². The second kappa shape index (κ2) is 54.0. The highest BCUT2D eigenvalue weighted by molar-refractivity contribution is 5.71. The number of allylic oxidation sites excluding steroid dienone is 8. The summed E-state index contributed by atoms with van der Waals surface area (Å²) >= 11 is 0. The molecule has 0 bridgehead atoms. The van der Waals surface area contributed by atoms with Crippen molar-refractivity contribution < 1.29 is 28.6 Å². The first kappa shape index (κ1) is 62.4. The quantitative estimate of drug-likeness (QED) is 0.0262. The van der Waals surface area contributed by atoms with E-state index in [9.17, 15) is 14.4 Å². The predicted molar refractivity (Wildman–Crippen MR) is 279 cm³/mol. The Labute approximate surface area is 403 Å². The number of esters is 3. The van der Waals surface area contributed by atoms with E-state index in [0.29, 0.717) is 19.3 Å². The second-order valence-electron chi connectivity index (χ2n) is 18.8. The summed E-state index contributed by atoms with van der Waals surface area (Å²) < 4.78 is 16.8. The maximum atomic E-state index is 12.8. The summed E-state index contributed by atoms with van der Waals surface area (Å²) in [6.45, 7) is 6.58. The van der Waals surface area contributed by atoms with Crippen LogP contribution in [0.4, 0.5) is 0 Å². The lowest BCUT2D eigenvalue weighted by Gasteiger charge is -2.18. The number of rotatable bonds is 51. The summed E-state index contributed by atoms with van der Waals surface area (Å²) in [6, 6.07) is 0. The molecule has 0 unspecified atom stereocenters. The molecule has 0 amide bonds. The zero-order valence-corrected chi connectivity index (χ0v) is 43.3. The Hall–Kier alpha value is -2.63. The normalized spacial score (nSPS) is 12.4. The number of ether oxygens (including phenoxy) is 3. The number of unbranched alkanes of at least 4 members (excludes halogenated alkanes) is 32. The van der Waals surface area contributed by atoms with E-state index in [2.05, 4.69) is 69.4 Å². The Bertz CT molecular complexity index is 1140. The minimum Gasteiger partial charge on any atom is -0.462 e. The van der Waals surface area contributed by atoms with Crippen LogP contribution in [0, 0.1) is 0 Å². The second-order valence-corrected chi connectivity index (χ2v) is 18.8. The van der Waals surface area contributed by atoms with Gasteiger partial charge in [-0.1, -0.05) is 223 Å². The molecule has 0 saturated carbocycles. The van der Waals surface area contributed by atoms with E-state index >= 15 is 0 Å². The maximum absolute atomic E-state index is 12.8. The van der Waals surface area contributed by atoms with Gasteiger partial charge in [-0.05, 0) is 96.3 Å². The number of carbonyl (C=O) groups excluding carboxylic acids is 3. The maximum Gasteiger partial charge on any atom is 0.306 e. The highest BCUT2D eigenvalue weighted by Crippen LogP contribution is 2.15. The number of carbonyl (C=O) groups is 3.